The highest BCUT2D eigenvalue weighted by atomic mass is 35.5. The Kier molecular flexibility index (Phi) is 3.39. The molecule has 2 rings (SSSR count). The minimum absolute atomic E-state index is 0.181. The van der Waals surface area contributed by atoms with Gasteiger partial charge >= 0.3 is 6.18 Å². The minimum Gasteiger partial charge on any atom is -0.378 e. The molecule has 0 radical (unpaired) electrons. The molecule has 0 N–H and O–H groups in total. The average molecular weight is 268 g/mol. The van der Waals surface area contributed by atoms with E-state index >= 15 is 0 Å². The van der Waals surface area contributed by atoms with Gasteiger partial charge in [0.2, 0.25) is 5.28 Å². The van der Waals surface area contributed by atoms with Gasteiger partial charge in [0.05, 0.1) is 13.2 Å². The van der Waals surface area contributed by atoms with Crippen LogP contribution in [0.5, 0.6) is 0 Å². The van der Waals surface area contributed by atoms with Crippen molar-refractivity contribution in [2.75, 3.05) is 31.2 Å². The number of nitrogens with zero attached hydrogens (tertiary/aromatic N) is 3. The number of anilines is 1. The van der Waals surface area contributed by atoms with Crippen molar-refractivity contribution in [2.24, 2.45) is 0 Å². The molecule has 1 fully saturated rings. The fourth-order valence-corrected chi connectivity index (χ4v) is 1.68. The maximum atomic E-state index is 12.5. The van der Waals surface area contributed by atoms with Crippen molar-refractivity contribution < 1.29 is 17.9 Å². The Hall–Kier alpha value is -1.08. The first kappa shape index (κ1) is 12.4. The zero-order valence-corrected chi connectivity index (χ0v) is 9.42. The second-order valence-corrected chi connectivity index (χ2v) is 3.82. The molecule has 0 bridgehead atoms. The molecule has 0 amide bonds. The van der Waals surface area contributed by atoms with Gasteiger partial charge in [0.25, 0.3) is 0 Å². The van der Waals surface area contributed by atoms with Crippen LogP contribution in [0.15, 0.2) is 6.07 Å². The van der Waals surface area contributed by atoms with E-state index in [1.807, 2.05) is 0 Å². The third-order valence-corrected chi connectivity index (χ3v) is 2.48. The molecule has 1 aliphatic rings. The highest BCUT2D eigenvalue weighted by molar-refractivity contribution is 6.28. The van der Waals surface area contributed by atoms with Gasteiger partial charge in [0.1, 0.15) is 5.82 Å². The molecule has 0 aliphatic carbocycles. The average Bonchev–Trinajstić information content (AvgIpc) is 2.28. The highest BCUT2D eigenvalue weighted by Crippen LogP contribution is 2.30. The zero-order chi connectivity index (χ0) is 12.5. The Morgan fingerprint density at radius 1 is 1.24 bits per heavy atom. The van der Waals surface area contributed by atoms with Crippen molar-refractivity contribution in [1.29, 1.82) is 0 Å². The molecule has 1 aromatic heterocycles. The summed E-state index contributed by atoms with van der Waals surface area (Å²) >= 11 is 5.50. The summed E-state index contributed by atoms with van der Waals surface area (Å²) in [4.78, 5) is 8.65. The number of hydrogen-bond donors (Lipinski definition) is 0. The van der Waals surface area contributed by atoms with E-state index in [0.717, 1.165) is 6.07 Å². The summed E-state index contributed by atoms with van der Waals surface area (Å²) in [6.45, 7) is 1.90. The van der Waals surface area contributed by atoms with Crippen molar-refractivity contribution in [3.63, 3.8) is 0 Å². The molecule has 1 aromatic rings. The van der Waals surface area contributed by atoms with Gasteiger partial charge in [-0.15, -0.1) is 0 Å². The predicted octanol–water partition coefficient (Wildman–Crippen LogP) is 1.99. The zero-order valence-electron chi connectivity index (χ0n) is 8.67. The summed E-state index contributed by atoms with van der Waals surface area (Å²) in [5, 5.41) is -0.402. The van der Waals surface area contributed by atoms with E-state index in [0.29, 0.717) is 26.3 Å². The van der Waals surface area contributed by atoms with Gasteiger partial charge in [-0.25, -0.2) is 9.97 Å². The van der Waals surface area contributed by atoms with Gasteiger partial charge in [0, 0.05) is 19.2 Å². The van der Waals surface area contributed by atoms with E-state index in [2.05, 4.69) is 9.97 Å². The molecule has 0 aromatic carbocycles. The smallest absolute Gasteiger partial charge is 0.378 e. The van der Waals surface area contributed by atoms with Crippen LogP contribution in [0.2, 0.25) is 5.28 Å². The van der Waals surface area contributed by atoms with Crippen LogP contribution < -0.4 is 4.90 Å². The molecule has 0 saturated carbocycles. The van der Waals surface area contributed by atoms with Crippen molar-refractivity contribution in [3.8, 4) is 0 Å². The Morgan fingerprint density at radius 2 is 1.88 bits per heavy atom. The lowest BCUT2D eigenvalue weighted by Gasteiger charge is -2.28. The maximum absolute atomic E-state index is 12.5. The summed E-state index contributed by atoms with van der Waals surface area (Å²) in [7, 11) is 0. The fraction of sp³-hybridized carbons (Fsp3) is 0.556. The Morgan fingerprint density at radius 3 is 2.47 bits per heavy atom. The van der Waals surface area contributed by atoms with Crippen LogP contribution >= 0.6 is 11.6 Å². The normalized spacial score (nSPS) is 17.3. The maximum Gasteiger partial charge on any atom is 0.433 e. The monoisotopic (exact) mass is 267 g/mol. The third kappa shape index (κ3) is 2.98. The quantitative estimate of drug-likeness (QED) is 0.730. The first-order valence-corrected chi connectivity index (χ1v) is 5.29. The molecule has 4 nitrogen and oxygen atoms in total. The van der Waals surface area contributed by atoms with E-state index in [1.165, 1.54) is 0 Å². The molecule has 2 heterocycles. The fourth-order valence-electron chi connectivity index (χ4n) is 1.51. The molecule has 0 atom stereocenters. The standard InChI is InChI=1S/C9H9ClF3N3O/c10-8-14-6(9(11,12)13)5-7(15-8)16-1-3-17-4-2-16/h5H,1-4H2. The van der Waals surface area contributed by atoms with Gasteiger partial charge in [-0.2, -0.15) is 13.2 Å². The largest absolute Gasteiger partial charge is 0.433 e. The molecule has 94 valence electrons. The molecular weight excluding hydrogens is 259 g/mol. The van der Waals surface area contributed by atoms with Crippen molar-refractivity contribution in [3.05, 3.63) is 17.0 Å². The first-order valence-electron chi connectivity index (χ1n) is 4.91. The van der Waals surface area contributed by atoms with E-state index in [-0.39, 0.29) is 5.82 Å². The van der Waals surface area contributed by atoms with E-state index in [4.69, 9.17) is 16.3 Å². The van der Waals surface area contributed by atoms with Gasteiger partial charge in [-0.1, -0.05) is 0 Å². The van der Waals surface area contributed by atoms with Crippen molar-refractivity contribution >= 4 is 17.4 Å². The molecule has 1 saturated heterocycles. The predicted molar refractivity (Wildman–Crippen MR) is 55.1 cm³/mol. The summed E-state index contributed by atoms with van der Waals surface area (Å²) < 4.78 is 42.7. The highest BCUT2D eigenvalue weighted by Gasteiger charge is 2.34. The second kappa shape index (κ2) is 4.66. The SMILES string of the molecule is FC(F)(F)c1cc(N2CCOCC2)nc(Cl)n1. The Balaban J connectivity index is 2.31. The van der Waals surface area contributed by atoms with Crippen LogP contribution in [0.4, 0.5) is 19.0 Å². The number of halogens is 4. The topological polar surface area (TPSA) is 38.2 Å². The molecule has 0 unspecified atom stereocenters. The van der Waals surface area contributed by atoms with Crippen molar-refractivity contribution in [2.45, 2.75) is 6.18 Å². The Bertz CT molecular complexity index is 407. The van der Waals surface area contributed by atoms with Gasteiger partial charge in [-0.05, 0) is 11.6 Å². The lowest BCUT2D eigenvalue weighted by Crippen LogP contribution is -2.37. The summed E-state index contributed by atoms with van der Waals surface area (Å²) in [5.74, 6) is 0.181. The molecule has 0 spiro atoms. The van der Waals surface area contributed by atoms with Gasteiger partial charge in [0.15, 0.2) is 5.69 Å². The molecular formula is C9H9ClF3N3O. The third-order valence-electron chi connectivity index (χ3n) is 2.31. The van der Waals surface area contributed by atoms with E-state index < -0.39 is 17.2 Å². The van der Waals surface area contributed by atoms with Crippen LogP contribution in [0, 0.1) is 0 Å². The number of hydrogen-bond acceptors (Lipinski definition) is 4. The Labute approximate surface area is 100 Å². The first-order chi connectivity index (χ1) is 7.97. The van der Waals surface area contributed by atoms with Crippen molar-refractivity contribution in [1.82, 2.24) is 9.97 Å². The van der Waals surface area contributed by atoms with Crippen LogP contribution in [0.3, 0.4) is 0 Å². The van der Waals surface area contributed by atoms with Crippen LogP contribution in [-0.2, 0) is 10.9 Å². The van der Waals surface area contributed by atoms with Crippen LogP contribution in [-0.4, -0.2) is 36.3 Å². The second-order valence-electron chi connectivity index (χ2n) is 3.48. The lowest BCUT2D eigenvalue weighted by molar-refractivity contribution is -0.141. The van der Waals surface area contributed by atoms with Crippen LogP contribution in [0.1, 0.15) is 5.69 Å². The number of rotatable bonds is 1. The van der Waals surface area contributed by atoms with Crippen LogP contribution in [0.25, 0.3) is 0 Å². The lowest BCUT2D eigenvalue weighted by atomic mass is 10.3. The number of morpholine rings is 1. The summed E-state index contributed by atoms with van der Waals surface area (Å²) in [6, 6.07) is 0.900. The van der Waals surface area contributed by atoms with E-state index in [9.17, 15) is 13.2 Å². The van der Waals surface area contributed by atoms with Gasteiger partial charge < -0.3 is 9.64 Å². The minimum atomic E-state index is -4.52. The number of alkyl halides is 3. The van der Waals surface area contributed by atoms with Gasteiger partial charge in [-0.3, -0.25) is 0 Å². The summed E-state index contributed by atoms with van der Waals surface area (Å²) in [6.07, 6.45) is -4.52. The molecule has 17 heavy (non-hydrogen) atoms. The molecule has 1 aliphatic heterocycles. The number of aromatic nitrogens is 2. The summed E-state index contributed by atoms with van der Waals surface area (Å²) in [5.41, 5.74) is -1.03. The van der Waals surface area contributed by atoms with E-state index in [1.54, 1.807) is 4.90 Å². The molecule has 8 heteroatoms. The number of ether oxygens (including phenoxy) is 1.